The first-order chi connectivity index (χ1) is 8.95. The molecule has 19 heavy (non-hydrogen) atoms. The van der Waals surface area contributed by atoms with Crippen LogP contribution < -0.4 is 5.73 Å². The van der Waals surface area contributed by atoms with Crippen molar-refractivity contribution in [3.8, 4) is 10.6 Å². The van der Waals surface area contributed by atoms with Crippen LogP contribution in [-0.2, 0) is 6.18 Å². The second-order valence-corrected chi connectivity index (χ2v) is 4.70. The molecule has 0 atom stereocenters. The van der Waals surface area contributed by atoms with Crippen LogP contribution in [0.25, 0.3) is 15.5 Å². The van der Waals surface area contributed by atoms with E-state index in [1.165, 1.54) is 0 Å². The van der Waals surface area contributed by atoms with Gasteiger partial charge in [0.15, 0.2) is 0 Å². The van der Waals surface area contributed by atoms with Gasteiger partial charge >= 0.3 is 6.18 Å². The van der Waals surface area contributed by atoms with Crippen molar-refractivity contribution in [3.63, 3.8) is 0 Å². The number of halogens is 3. The lowest BCUT2D eigenvalue weighted by atomic mass is 10.2. The van der Waals surface area contributed by atoms with E-state index in [0.29, 0.717) is 20.8 Å². The molecule has 2 N–H and O–H groups in total. The third-order valence-corrected chi connectivity index (χ3v) is 3.33. The van der Waals surface area contributed by atoms with E-state index in [1.54, 1.807) is 24.3 Å². The Morgan fingerprint density at radius 3 is 2.68 bits per heavy atom. The third-order valence-electron chi connectivity index (χ3n) is 2.38. The number of nitrogen functional groups attached to an aromatic ring is 1. The minimum absolute atomic E-state index is 0.0877. The lowest BCUT2D eigenvalue weighted by Crippen LogP contribution is -2.11. The SMILES string of the molecule is Nc1cccc(-c2nn3c(C(F)(F)F)nnc3s2)c1. The van der Waals surface area contributed by atoms with Crippen LogP contribution in [-0.4, -0.2) is 19.8 Å². The first kappa shape index (κ1) is 11.9. The number of benzene rings is 1. The van der Waals surface area contributed by atoms with Gasteiger partial charge in [-0.05, 0) is 12.1 Å². The van der Waals surface area contributed by atoms with Crippen molar-refractivity contribution >= 4 is 22.0 Å². The number of nitrogens with zero attached hydrogens (tertiary/aromatic N) is 4. The topological polar surface area (TPSA) is 69.1 Å². The Labute approximate surface area is 108 Å². The van der Waals surface area contributed by atoms with Crippen molar-refractivity contribution < 1.29 is 13.2 Å². The van der Waals surface area contributed by atoms with Crippen LogP contribution in [0, 0.1) is 0 Å². The molecule has 0 unspecified atom stereocenters. The van der Waals surface area contributed by atoms with Gasteiger partial charge in [0.2, 0.25) is 4.96 Å². The van der Waals surface area contributed by atoms with Crippen LogP contribution in [0.4, 0.5) is 18.9 Å². The van der Waals surface area contributed by atoms with E-state index in [0.717, 1.165) is 11.3 Å². The summed E-state index contributed by atoms with van der Waals surface area (Å²) in [5, 5.41) is 10.9. The molecule has 0 radical (unpaired) electrons. The standard InChI is InChI=1S/C10H6F3N5S/c11-10(12,13)8-15-16-9-18(8)17-7(19-9)5-2-1-3-6(14)4-5/h1-4H,14H2. The third kappa shape index (κ3) is 2.01. The van der Waals surface area contributed by atoms with Gasteiger partial charge in [-0.25, -0.2) is 0 Å². The lowest BCUT2D eigenvalue weighted by molar-refractivity contribution is -0.146. The summed E-state index contributed by atoms with van der Waals surface area (Å²) in [6, 6.07) is 6.75. The zero-order valence-electron chi connectivity index (χ0n) is 9.22. The van der Waals surface area contributed by atoms with Crippen molar-refractivity contribution in [3.05, 3.63) is 30.1 Å². The maximum absolute atomic E-state index is 12.6. The van der Waals surface area contributed by atoms with Gasteiger partial charge < -0.3 is 5.73 Å². The van der Waals surface area contributed by atoms with E-state index in [2.05, 4.69) is 15.3 Å². The number of nitrogens with two attached hydrogens (primary N) is 1. The van der Waals surface area contributed by atoms with Gasteiger partial charge in [-0.15, -0.1) is 10.2 Å². The molecule has 0 bridgehead atoms. The smallest absolute Gasteiger partial charge is 0.399 e. The maximum Gasteiger partial charge on any atom is 0.453 e. The average Bonchev–Trinajstić information content (AvgIpc) is 2.85. The zero-order valence-corrected chi connectivity index (χ0v) is 10.0. The predicted octanol–water partition coefficient (Wildman–Crippen LogP) is 2.45. The number of rotatable bonds is 1. The van der Waals surface area contributed by atoms with Crippen molar-refractivity contribution in [2.24, 2.45) is 0 Å². The van der Waals surface area contributed by atoms with Gasteiger partial charge in [-0.2, -0.15) is 22.8 Å². The molecule has 2 aromatic heterocycles. The molecule has 0 aliphatic rings. The van der Waals surface area contributed by atoms with Crippen molar-refractivity contribution in [1.29, 1.82) is 0 Å². The summed E-state index contributed by atoms with van der Waals surface area (Å²) >= 11 is 1.02. The minimum Gasteiger partial charge on any atom is -0.399 e. The Morgan fingerprint density at radius 1 is 1.21 bits per heavy atom. The number of alkyl halides is 3. The highest BCUT2D eigenvalue weighted by Gasteiger charge is 2.38. The largest absolute Gasteiger partial charge is 0.453 e. The van der Waals surface area contributed by atoms with Gasteiger partial charge in [0.1, 0.15) is 5.01 Å². The molecule has 0 spiro atoms. The molecular formula is C10H6F3N5S. The highest BCUT2D eigenvalue weighted by atomic mass is 32.1. The molecule has 5 nitrogen and oxygen atoms in total. The fraction of sp³-hybridized carbons (Fsp3) is 0.100. The second kappa shape index (κ2) is 3.92. The van der Waals surface area contributed by atoms with Gasteiger partial charge in [0.25, 0.3) is 5.82 Å². The van der Waals surface area contributed by atoms with E-state index >= 15 is 0 Å². The molecule has 0 aliphatic heterocycles. The molecule has 0 saturated heterocycles. The Bertz CT molecular complexity index is 745. The van der Waals surface area contributed by atoms with Gasteiger partial charge in [-0.1, -0.05) is 23.5 Å². The predicted molar refractivity (Wildman–Crippen MR) is 63.5 cm³/mol. The average molecular weight is 285 g/mol. The maximum atomic E-state index is 12.6. The first-order valence-corrected chi connectivity index (χ1v) is 5.92. The quantitative estimate of drug-likeness (QED) is 0.697. The van der Waals surface area contributed by atoms with Crippen molar-refractivity contribution in [2.45, 2.75) is 6.18 Å². The molecule has 2 heterocycles. The van der Waals surface area contributed by atoms with Gasteiger partial charge in [-0.3, -0.25) is 0 Å². The summed E-state index contributed by atoms with van der Waals surface area (Å²) in [6.45, 7) is 0. The molecule has 0 aliphatic carbocycles. The van der Waals surface area contributed by atoms with Gasteiger partial charge in [0, 0.05) is 11.3 Å². The summed E-state index contributed by atoms with van der Waals surface area (Å²) in [6.07, 6.45) is -4.58. The summed E-state index contributed by atoms with van der Waals surface area (Å²) in [5.74, 6) is -1.13. The van der Waals surface area contributed by atoms with Crippen LogP contribution >= 0.6 is 11.3 Å². The van der Waals surface area contributed by atoms with Crippen LogP contribution in [0.3, 0.4) is 0 Å². The molecule has 1 aromatic carbocycles. The monoisotopic (exact) mass is 285 g/mol. The molecular weight excluding hydrogens is 279 g/mol. The van der Waals surface area contributed by atoms with Crippen LogP contribution in [0.15, 0.2) is 24.3 Å². The molecule has 3 rings (SSSR count). The molecule has 9 heteroatoms. The molecule has 0 fully saturated rings. The lowest BCUT2D eigenvalue weighted by Gasteiger charge is -2.00. The zero-order chi connectivity index (χ0) is 13.6. The summed E-state index contributed by atoms with van der Waals surface area (Å²) < 4.78 is 38.6. The summed E-state index contributed by atoms with van der Waals surface area (Å²) in [5.41, 5.74) is 6.78. The molecule has 98 valence electrons. The fourth-order valence-electron chi connectivity index (χ4n) is 1.58. The Morgan fingerprint density at radius 2 is 2.00 bits per heavy atom. The summed E-state index contributed by atoms with van der Waals surface area (Å²) in [7, 11) is 0. The van der Waals surface area contributed by atoms with Crippen molar-refractivity contribution in [2.75, 3.05) is 5.73 Å². The molecule has 3 aromatic rings. The highest BCUT2D eigenvalue weighted by molar-refractivity contribution is 7.19. The van der Waals surface area contributed by atoms with E-state index in [-0.39, 0.29) is 4.96 Å². The van der Waals surface area contributed by atoms with Gasteiger partial charge in [0.05, 0.1) is 0 Å². The Kier molecular flexibility index (Phi) is 2.45. The Hall–Kier alpha value is -2.16. The Balaban J connectivity index is 2.15. The first-order valence-electron chi connectivity index (χ1n) is 5.10. The normalized spacial score (nSPS) is 12.2. The van der Waals surface area contributed by atoms with E-state index < -0.39 is 12.0 Å². The van der Waals surface area contributed by atoms with E-state index in [4.69, 9.17) is 5.73 Å². The number of anilines is 1. The van der Waals surface area contributed by atoms with Crippen molar-refractivity contribution in [1.82, 2.24) is 19.8 Å². The van der Waals surface area contributed by atoms with E-state index in [9.17, 15) is 13.2 Å². The summed E-state index contributed by atoms with van der Waals surface area (Å²) in [4.78, 5) is 0.0877. The highest BCUT2D eigenvalue weighted by Crippen LogP contribution is 2.31. The van der Waals surface area contributed by atoms with Crippen LogP contribution in [0.5, 0.6) is 0 Å². The number of hydrogen-bond donors (Lipinski definition) is 1. The number of fused-ring (bicyclic) bond motifs is 1. The minimum atomic E-state index is -4.58. The number of hydrogen-bond acceptors (Lipinski definition) is 5. The van der Waals surface area contributed by atoms with E-state index in [1.807, 2.05) is 0 Å². The molecule has 0 saturated carbocycles. The fourth-order valence-corrected chi connectivity index (χ4v) is 2.42. The van der Waals surface area contributed by atoms with Crippen LogP contribution in [0.1, 0.15) is 5.82 Å². The number of aromatic nitrogens is 4. The second-order valence-electron chi connectivity index (χ2n) is 3.75. The molecule has 0 amide bonds. The van der Waals surface area contributed by atoms with Crippen LogP contribution in [0.2, 0.25) is 0 Å².